The van der Waals surface area contributed by atoms with E-state index in [1.807, 2.05) is 6.92 Å². The SMILES string of the molecule is CCOc1cc(C(C)=O)cc(Cl)n1. The van der Waals surface area contributed by atoms with Gasteiger partial charge in [0.25, 0.3) is 0 Å². The van der Waals surface area contributed by atoms with Crippen molar-refractivity contribution in [3.8, 4) is 5.88 Å². The Bertz CT molecular complexity index is 325. The van der Waals surface area contributed by atoms with Gasteiger partial charge >= 0.3 is 0 Å². The minimum Gasteiger partial charge on any atom is -0.478 e. The molecule has 0 fully saturated rings. The van der Waals surface area contributed by atoms with Crippen molar-refractivity contribution in [1.29, 1.82) is 0 Å². The van der Waals surface area contributed by atoms with Gasteiger partial charge in [0.1, 0.15) is 5.15 Å². The minimum absolute atomic E-state index is 0.0507. The van der Waals surface area contributed by atoms with Crippen LogP contribution in [0.3, 0.4) is 0 Å². The lowest BCUT2D eigenvalue weighted by molar-refractivity contribution is 0.101. The number of hydrogen-bond donors (Lipinski definition) is 0. The van der Waals surface area contributed by atoms with E-state index in [9.17, 15) is 4.79 Å². The van der Waals surface area contributed by atoms with E-state index < -0.39 is 0 Å². The lowest BCUT2D eigenvalue weighted by Gasteiger charge is -2.03. The van der Waals surface area contributed by atoms with Gasteiger partial charge in [0, 0.05) is 11.6 Å². The van der Waals surface area contributed by atoms with E-state index >= 15 is 0 Å². The normalized spacial score (nSPS) is 9.77. The number of carbonyl (C=O) groups excluding carboxylic acids is 1. The quantitative estimate of drug-likeness (QED) is 0.554. The summed E-state index contributed by atoms with van der Waals surface area (Å²) >= 11 is 5.69. The molecule has 0 N–H and O–H groups in total. The Morgan fingerprint density at radius 3 is 2.85 bits per heavy atom. The number of rotatable bonds is 3. The third-order valence-electron chi connectivity index (χ3n) is 1.47. The van der Waals surface area contributed by atoms with Crippen LogP contribution in [0.5, 0.6) is 5.88 Å². The van der Waals surface area contributed by atoms with Crippen LogP contribution in [0.15, 0.2) is 12.1 Å². The highest BCUT2D eigenvalue weighted by atomic mass is 35.5. The number of halogens is 1. The maximum Gasteiger partial charge on any atom is 0.215 e. The standard InChI is InChI=1S/C9H10ClNO2/c1-3-13-9-5-7(6(2)12)4-8(10)11-9/h4-5H,3H2,1-2H3. The number of pyridine rings is 1. The molecule has 0 aliphatic carbocycles. The lowest BCUT2D eigenvalue weighted by atomic mass is 10.2. The molecule has 0 saturated carbocycles. The second-order valence-electron chi connectivity index (χ2n) is 2.51. The van der Waals surface area contributed by atoms with Crippen molar-refractivity contribution in [3.05, 3.63) is 22.8 Å². The number of carbonyl (C=O) groups is 1. The number of nitrogens with zero attached hydrogens (tertiary/aromatic N) is 1. The molecular weight excluding hydrogens is 190 g/mol. The number of ether oxygens (including phenoxy) is 1. The smallest absolute Gasteiger partial charge is 0.215 e. The molecule has 0 aliphatic rings. The van der Waals surface area contributed by atoms with Gasteiger partial charge in [0.15, 0.2) is 5.78 Å². The summed E-state index contributed by atoms with van der Waals surface area (Å²) in [5.41, 5.74) is 0.517. The van der Waals surface area contributed by atoms with E-state index in [4.69, 9.17) is 16.3 Å². The molecule has 3 nitrogen and oxygen atoms in total. The third-order valence-corrected chi connectivity index (χ3v) is 1.66. The Balaban J connectivity index is 3.03. The minimum atomic E-state index is -0.0507. The van der Waals surface area contributed by atoms with Crippen LogP contribution in [0, 0.1) is 0 Å². The van der Waals surface area contributed by atoms with Gasteiger partial charge in [-0.3, -0.25) is 4.79 Å². The second kappa shape index (κ2) is 4.23. The Labute approximate surface area is 81.7 Å². The van der Waals surface area contributed by atoms with Crippen LogP contribution >= 0.6 is 11.6 Å². The van der Waals surface area contributed by atoms with Crippen LogP contribution in [-0.4, -0.2) is 17.4 Å². The topological polar surface area (TPSA) is 39.2 Å². The molecule has 4 heteroatoms. The first kappa shape index (κ1) is 9.99. The van der Waals surface area contributed by atoms with Gasteiger partial charge < -0.3 is 4.74 Å². The molecule has 0 aliphatic heterocycles. The number of hydrogen-bond acceptors (Lipinski definition) is 3. The largest absolute Gasteiger partial charge is 0.478 e. The zero-order valence-electron chi connectivity index (χ0n) is 7.50. The maximum atomic E-state index is 11.0. The number of Topliss-reactive ketones (excluding diaryl/α,β-unsaturated/α-hetero) is 1. The van der Waals surface area contributed by atoms with Crippen LogP contribution < -0.4 is 4.74 Å². The van der Waals surface area contributed by atoms with Crippen molar-refractivity contribution >= 4 is 17.4 Å². The van der Waals surface area contributed by atoms with E-state index in [1.54, 1.807) is 6.07 Å². The molecule has 70 valence electrons. The van der Waals surface area contributed by atoms with Gasteiger partial charge in [-0.25, -0.2) is 4.98 Å². The Kier molecular flexibility index (Phi) is 3.25. The lowest BCUT2D eigenvalue weighted by Crippen LogP contribution is -1.98. The molecule has 0 atom stereocenters. The van der Waals surface area contributed by atoms with Crippen LogP contribution in [0.1, 0.15) is 24.2 Å². The first-order chi connectivity index (χ1) is 6.13. The van der Waals surface area contributed by atoms with Gasteiger partial charge in [-0.05, 0) is 19.9 Å². The molecule has 0 aromatic carbocycles. The highest BCUT2D eigenvalue weighted by Gasteiger charge is 2.04. The predicted molar refractivity (Wildman–Crippen MR) is 50.4 cm³/mol. The molecule has 1 rings (SSSR count). The van der Waals surface area contributed by atoms with E-state index in [2.05, 4.69) is 4.98 Å². The summed E-state index contributed by atoms with van der Waals surface area (Å²) in [6, 6.07) is 3.10. The summed E-state index contributed by atoms with van der Waals surface area (Å²) in [7, 11) is 0. The number of aromatic nitrogens is 1. The van der Waals surface area contributed by atoms with E-state index in [1.165, 1.54) is 13.0 Å². The first-order valence-electron chi connectivity index (χ1n) is 3.94. The predicted octanol–water partition coefficient (Wildman–Crippen LogP) is 2.34. The average Bonchev–Trinajstić information content (AvgIpc) is 2.03. The van der Waals surface area contributed by atoms with Crippen molar-refractivity contribution in [2.75, 3.05) is 6.61 Å². The molecule has 0 bridgehead atoms. The van der Waals surface area contributed by atoms with Crippen molar-refractivity contribution in [1.82, 2.24) is 4.98 Å². The highest BCUT2D eigenvalue weighted by Crippen LogP contribution is 2.16. The fourth-order valence-electron chi connectivity index (χ4n) is 0.898. The Morgan fingerprint density at radius 1 is 1.62 bits per heavy atom. The van der Waals surface area contributed by atoms with Crippen molar-refractivity contribution in [2.45, 2.75) is 13.8 Å². The van der Waals surface area contributed by atoms with Crippen LogP contribution in [0.25, 0.3) is 0 Å². The monoisotopic (exact) mass is 199 g/mol. The fourth-order valence-corrected chi connectivity index (χ4v) is 1.10. The molecule has 1 heterocycles. The molecule has 13 heavy (non-hydrogen) atoms. The van der Waals surface area contributed by atoms with Gasteiger partial charge in [0.05, 0.1) is 6.61 Å². The molecule has 1 aromatic rings. The first-order valence-corrected chi connectivity index (χ1v) is 4.32. The molecule has 0 amide bonds. The summed E-state index contributed by atoms with van der Waals surface area (Å²) in [4.78, 5) is 14.9. The fraction of sp³-hybridized carbons (Fsp3) is 0.333. The average molecular weight is 200 g/mol. The van der Waals surface area contributed by atoms with E-state index in [0.29, 0.717) is 18.1 Å². The molecule has 0 spiro atoms. The van der Waals surface area contributed by atoms with E-state index in [-0.39, 0.29) is 10.9 Å². The van der Waals surface area contributed by atoms with Crippen molar-refractivity contribution in [3.63, 3.8) is 0 Å². The Hall–Kier alpha value is -1.09. The zero-order chi connectivity index (χ0) is 9.84. The van der Waals surface area contributed by atoms with Crippen LogP contribution in [-0.2, 0) is 0 Å². The van der Waals surface area contributed by atoms with Gasteiger partial charge in [0.2, 0.25) is 5.88 Å². The Morgan fingerprint density at radius 2 is 2.31 bits per heavy atom. The summed E-state index contributed by atoms with van der Waals surface area (Å²) < 4.78 is 5.13. The maximum absolute atomic E-state index is 11.0. The van der Waals surface area contributed by atoms with Crippen LogP contribution in [0.4, 0.5) is 0 Å². The number of ketones is 1. The van der Waals surface area contributed by atoms with Gasteiger partial charge in [-0.15, -0.1) is 0 Å². The third kappa shape index (κ3) is 2.70. The summed E-state index contributed by atoms with van der Waals surface area (Å²) in [5.74, 6) is 0.338. The summed E-state index contributed by atoms with van der Waals surface area (Å²) in [6.45, 7) is 3.82. The second-order valence-corrected chi connectivity index (χ2v) is 2.89. The molecular formula is C9H10ClNO2. The van der Waals surface area contributed by atoms with E-state index in [0.717, 1.165) is 0 Å². The van der Waals surface area contributed by atoms with Crippen LogP contribution in [0.2, 0.25) is 5.15 Å². The highest BCUT2D eigenvalue weighted by molar-refractivity contribution is 6.29. The molecule has 0 saturated heterocycles. The van der Waals surface area contributed by atoms with Gasteiger partial charge in [-0.2, -0.15) is 0 Å². The summed E-state index contributed by atoms with van der Waals surface area (Å²) in [5, 5.41) is 0.274. The van der Waals surface area contributed by atoms with Gasteiger partial charge in [-0.1, -0.05) is 11.6 Å². The summed E-state index contributed by atoms with van der Waals surface area (Å²) in [6.07, 6.45) is 0. The molecule has 0 unspecified atom stereocenters. The van der Waals surface area contributed by atoms with Crippen molar-refractivity contribution in [2.24, 2.45) is 0 Å². The van der Waals surface area contributed by atoms with Crippen molar-refractivity contribution < 1.29 is 9.53 Å². The molecule has 1 aromatic heterocycles. The zero-order valence-corrected chi connectivity index (χ0v) is 8.26. The molecule has 0 radical (unpaired) electrons.